The molecule has 0 aliphatic carbocycles. The Morgan fingerprint density at radius 3 is 2.50 bits per heavy atom. The average Bonchev–Trinajstić information content (AvgIpc) is 2.75. The van der Waals surface area contributed by atoms with Crippen molar-refractivity contribution in [2.45, 2.75) is 13.3 Å². The number of carboxylic acid groups (broad SMARTS) is 1. The van der Waals surface area contributed by atoms with Gasteiger partial charge in [0.15, 0.2) is 0 Å². The predicted octanol–water partition coefficient (Wildman–Crippen LogP) is 2.72. The molecule has 1 aliphatic rings. The summed E-state index contributed by atoms with van der Waals surface area (Å²) in [6.45, 7) is 1.82. The topological polar surface area (TPSA) is 98.1 Å². The molecule has 0 spiro atoms. The molecule has 1 heterocycles. The van der Waals surface area contributed by atoms with E-state index in [0.717, 1.165) is 17.3 Å². The van der Waals surface area contributed by atoms with Crippen LogP contribution in [0.1, 0.15) is 18.9 Å². The molecule has 1 amide bonds. The number of hydrogen-bond acceptors (Lipinski definition) is 6. The lowest BCUT2D eigenvalue weighted by Crippen LogP contribution is -2.30. The highest BCUT2D eigenvalue weighted by molar-refractivity contribution is 8.26. The summed E-state index contributed by atoms with van der Waals surface area (Å²) in [6.07, 6.45) is 3.10. The van der Waals surface area contributed by atoms with E-state index >= 15 is 0 Å². The summed E-state index contributed by atoms with van der Waals surface area (Å²) >= 11 is 6.21. The Bertz CT molecular complexity index is 749. The molecular weight excluding hydrogens is 350 g/mol. The van der Waals surface area contributed by atoms with Crippen molar-refractivity contribution in [3.05, 3.63) is 40.8 Å². The molecule has 0 radical (unpaired) electrons. The summed E-state index contributed by atoms with van der Waals surface area (Å²) in [4.78, 5) is 24.5. The van der Waals surface area contributed by atoms with Crippen LogP contribution in [-0.2, 0) is 9.59 Å². The fourth-order valence-electron chi connectivity index (χ4n) is 2.03. The van der Waals surface area contributed by atoms with Crippen LogP contribution in [-0.4, -0.2) is 43.0 Å². The predicted molar refractivity (Wildman–Crippen MR) is 95.7 cm³/mol. The number of rotatable bonds is 5. The minimum Gasteiger partial charge on any atom is -0.508 e. The van der Waals surface area contributed by atoms with Crippen LogP contribution < -0.4 is 0 Å². The number of amides is 1. The van der Waals surface area contributed by atoms with Gasteiger partial charge >= 0.3 is 5.97 Å². The number of phenolic OH excluding ortho intramolecular Hbond substituents is 2. The maximum atomic E-state index is 12.2. The lowest BCUT2D eigenvalue weighted by Gasteiger charge is -2.12. The van der Waals surface area contributed by atoms with Crippen molar-refractivity contribution in [1.82, 2.24) is 4.90 Å². The molecule has 2 rings (SSSR count). The highest BCUT2D eigenvalue weighted by Crippen LogP contribution is 2.32. The number of benzene rings is 1. The first-order chi connectivity index (χ1) is 11.3. The molecule has 1 saturated heterocycles. The van der Waals surface area contributed by atoms with Gasteiger partial charge < -0.3 is 15.3 Å². The maximum absolute atomic E-state index is 12.2. The molecule has 3 N–H and O–H groups in total. The molecule has 0 atom stereocenters. The zero-order chi connectivity index (χ0) is 17.9. The monoisotopic (exact) mass is 365 g/mol. The second kappa shape index (κ2) is 7.50. The van der Waals surface area contributed by atoms with Gasteiger partial charge in [-0.2, -0.15) is 0 Å². The van der Waals surface area contributed by atoms with E-state index in [1.807, 2.05) is 0 Å². The molecule has 0 aromatic heterocycles. The minimum atomic E-state index is -0.993. The molecule has 1 aromatic carbocycles. The number of carbonyl (C=O) groups is 2. The number of aliphatic carboxylic acids is 1. The number of carbonyl (C=O) groups excluding carboxylic acids is 1. The van der Waals surface area contributed by atoms with Crippen LogP contribution in [0.2, 0.25) is 0 Å². The molecule has 0 bridgehead atoms. The standard InChI is InChI=1S/C16H15NO5S2/c1-9(10-6-11(18)8-12(19)7-10)2-3-13-15(22)17(16(23)24-13)5-4-14(20)21/h2-3,6-8,18-19H,4-5H2,1H3,(H,20,21)/b9-2-,13-3+. The fraction of sp³-hybridized carbons (Fsp3) is 0.188. The Balaban J connectivity index is 2.17. The highest BCUT2D eigenvalue weighted by Gasteiger charge is 2.31. The van der Waals surface area contributed by atoms with Crippen molar-refractivity contribution in [1.29, 1.82) is 0 Å². The van der Waals surface area contributed by atoms with Gasteiger partial charge in [-0.3, -0.25) is 14.5 Å². The Labute approximate surface area is 148 Å². The van der Waals surface area contributed by atoms with Crippen molar-refractivity contribution in [3.63, 3.8) is 0 Å². The van der Waals surface area contributed by atoms with Gasteiger partial charge in [-0.25, -0.2) is 0 Å². The van der Waals surface area contributed by atoms with Gasteiger partial charge in [0, 0.05) is 12.6 Å². The van der Waals surface area contributed by atoms with Gasteiger partial charge in [0.2, 0.25) is 0 Å². The molecular formula is C16H15NO5S2. The molecule has 24 heavy (non-hydrogen) atoms. The summed E-state index contributed by atoms with van der Waals surface area (Å²) in [5, 5.41) is 27.7. The second-order valence-electron chi connectivity index (χ2n) is 5.09. The average molecular weight is 365 g/mol. The third kappa shape index (κ3) is 4.36. The van der Waals surface area contributed by atoms with Crippen LogP contribution in [0.3, 0.4) is 0 Å². The van der Waals surface area contributed by atoms with E-state index in [2.05, 4.69) is 0 Å². The van der Waals surface area contributed by atoms with Crippen LogP contribution in [0.5, 0.6) is 11.5 Å². The van der Waals surface area contributed by atoms with Crippen LogP contribution >= 0.6 is 24.0 Å². The molecule has 1 aliphatic heterocycles. The second-order valence-corrected chi connectivity index (χ2v) is 6.76. The largest absolute Gasteiger partial charge is 0.508 e. The third-order valence-electron chi connectivity index (χ3n) is 3.27. The maximum Gasteiger partial charge on any atom is 0.305 e. The number of thioether (sulfide) groups is 1. The lowest BCUT2D eigenvalue weighted by molar-refractivity contribution is -0.137. The van der Waals surface area contributed by atoms with E-state index in [0.29, 0.717) is 14.8 Å². The number of thiocarbonyl (C=S) groups is 1. The van der Waals surface area contributed by atoms with Gasteiger partial charge in [0.05, 0.1) is 11.3 Å². The number of phenols is 2. The van der Waals surface area contributed by atoms with E-state index in [4.69, 9.17) is 17.3 Å². The Morgan fingerprint density at radius 2 is 1.92 bits per heavy atom. The van der Waals surface area contributed by atoms with Crippen LogP contribution in [0, 0.1) is 0 Å². The van der Waals surface area contributed by atoms with Gasteiger partial charge in [0.1, 0.15) is 15.8 Å². The van der Waals surface area contributed by atoms with Crippen LogP contribution in [0.15, 0.2) is 35.3 Å². The van der Waals surface area contributed by atoms with Crippen LogP contribution in [0.4, 0.5) is 0 Å². The number of carboxylic acids is 1. The molecule has 0 unspecified atom stereocenters. The zero-order valence-corrected chi connectivity index (χ0v) is 14.4. The molecule has 6 nitrogen and oxygen atoms in total. The van der Waals surface area contributed by atoms with Gasteiger partial charge in [-0.05, 0) is 36.3 Å². The fourth-order valence-corrected chi connectivity index (χ4v) is 3.28. The zero-order valence-electron chi connectivity index (χ0n) is 12.7. The van der Waals surface area contributed by atoms with Crippen molar-refractivity contribution >= 4 is 45.7 Å². The van der Waals surface area contributed by atoms with Crippen molar-refractivity contribution in [2.75, 3.05) is 6.54 Å². The summed E-state index contributed by atoms with van der Waals surface area (Å²) < 4.78 is 0.327. The van der Waals surface area contributed by atoms with Gasteiger partial charge in [0.25, 0.3) is 5.91 Å². The smallest absolute Gasteiger partial charge is 0.305 e. The van der Waals surface area contributed by atoms with E-state index in [1.54, 1.807) is 19.1 Å². The molecule has 126 valence electrons. The number of hydrogen-bond donors (Lipinski definition) is 3. The molecule has 8 heteroatoms. The molecule has 0 saturated carbocycles. The Kier molecular flexibility index (Phi) is 5.63. The first-order valence-corrected chi connectivity index (χ1v) is 8.18. The molecule has 1 fully saturated rings. The van der Waals surface area contributed by atoms with Crippen molar-refractivity contribution in [2.24, 2.45) is 0 Å². The Hall–Kier alpha value is -2.32. The highest BCUT2D eigenvalue weighted by atomic mass is 32.2. The summed E-state index contributed by atoms with van der Waals surface area (Å²) in [7, 11) is 0. The summed E-state index contributed by atoms with van der Waals surface area (Å²) in [6, 6.07) is 4.22. The number of aromatic hydroxyl groups is 2. The third-order valence-corrected chi connectivity index (χ3v) is 4.66. The van der Waals surface area contributed by atoms with E-state index in [9.17, 15) is 19.8 Å². The summed E-state index contributed by atoms with van der Waals surface area (Å²) in [5.74, 6) is -1.43. The minimum absolute atomic E-state index is 0.0421. The van der Waals surface area contributed by atoms with Crippen LogP contribution in [0.25, 0.3) is 5.57 Å². The SMILES string of the molecule is C/C(=C/C=C1/SC(=S)N(CCC(=O)O)C1=O)c1cc(O)cc(O)c1. The first-order valence-electron chi connectivity index (χ1n) is 6.95. The molecule has 1 aromatic rings. The van der Waals surface area contributed by atoms with Crippen molar-refractivity contribution < 1.29 is 24.9 Å². The lowest BCUT2D eigenvalue weighted by atomic mass is 10.1. The number of allylic oxidation sites excluding steroid dienone is 3. The van der Waals surface area contributed by atoms with Crippen molar-refractivity contribution in [3.8, 4) is 11.5 Å². The first kappa shape index (κ1) is 18.0. The number of nitrogens with zero attached hydrogens (tertiary/aromatic N) is 1. The normalized spacial score (nSPS) is 17.0. The quantitative estimate of drug-likeness (QED) is 0.545. The van der Waals surface area contributed by atoms with Gasteiger partial charge in [-0.1, -0.05) is 30.1 Å². The summed E-state index contributed by atoms with van der Waals surface area (Å²) in [5.41, 5.74) is 1.35. The van der Waals surface area contributed by atoms with E-state index < -0.39 is 5.97 Å². The Morgan fingerprint density at radius 1 is 1.29 bits per heavy atom. The van der Waals surface area contributed by atoms with E-state index in [-0.39, 0.29) is 30.4 Å². The van der Waals surface area contributed by atoms with Gasteiger partial charge in [-0.15, -0.1) is 0 Å². The van der Waals surface area contributed by atoms with E-state index in [1.165, 1.54) is 23.1 Å².